The first-order chi connectivity index (χ1) is 8.66. The zero-order valence-electron chi connectivity index (χ0n) is 9.65. The molecule has 0 saturated heterocycles. The van der Waals surface area contributed by atoms with E-state index in [1.165, 1.54) is 22.9 Å². The molecule has 0 aliphatic rings. The molecule has 9 nitrogen and oxygen atoms in total. The predicted octanol–water partition coefficient (Wildman–Crippen LogP) is -0.715. The molecule has 0 aromatic carbocycles. The normalized spacial score (nSPS) is 13.4. The van der Waals surface area contributed by atoms with Crippen LogP contribution < -0.4 is 5.73 Å². The van der Waals surface area contributed by atoms with Gasteiger partial charge in [-0.05, 0) is 6.42 Å². The van der Waals surface area contributed by atoms with Crippen molar-refractivity contribution in [2.75, 3.05) is 0 Å². The summed E-state index contributed by atoms with van der Waals surface area (Å²) in [4.78, 5) is 43.4. The maximum atomic E-state index is 11.7. The number of hydrogen-bond acceptors (Lipinski definition) is 5. The second-order valence-electron chi connectivity index (χ2n) is 3.64. The predicted molar refractivity (Wildman–Crippen MR) is 69.4 cm³/mol. The van der Waals surface area contributed by atoms with Crippen molar-refractivity contribution in [2.24, 2.45) is 5.73 Å². The van der Waals surface area contributed by atoms with E-state index in [0.29, 0.717) is 0 Å². The van der Waals surface area contributed by atoms with Gasteiger partial charge in [0.2, 0.25) is 5.91 Å². The van der Waals surface area contributed by atoms with Crippen LogP contribution in [0.5, 0.6) is 0 Å². The van der Waals surface area contributed by atoms with Crippen molar-refractivity contribution in [2.45, 2.75) is 31.3 Å². The van der Waals surface area contributed by atoms with Crippen LogP contribution in [0.3, 0.4) is 0 Å². The monoisotopic (exact) mass is 388 g/mol. The van der Waals surface area contributed by atoms with Gasteiger partial charge in [0.05, 0.1) is 35.3 Å². The molecule has 19 heavy (non-hydrogen) atoms. The summed E-state index contributed by atoms with van der Waals surface area (Å²) < 4.78 is 0.733. The van der Waals surface area contributed by atoms with Gasteiger partial charge in [0.25, 0.3) is 0 Å². The Kier molecular flexibility index (Phi) is 7.29. The van der Waals surface area contributed by atoms with Crippen molar-refractivity contribution in [1.82, 2.24) is 3.11 Å². The van der Waals surface area contributed by atoms with Crippen molar-refractivity contribution in [1.29, 1.82) is 0 Å². The summed E-state index contributed by atoms with van der Waals surface area (Å²) in [6, 6.07) is -2.75. The number of nitrogens with two attached hydrogens (primary N) is 1. The molecule has 0 bridgehead atoms. The van der Waals surface area contributed by atoms with Gasteiger partial charge in [0, 0.05) is 6.42 Å². The number of aliphatic carboxylic acids is 3. The van der Waals surface area contributed by atoms with Crippen molar-refractivity contribution in [3.05, 3.63) is 0 Å². The van der Waals surface area contributed by atoms with Gasteiger partial charge < -0.3 is 21.1 Å². The zero-order valence-corrected chi connectivity index (χ0v) is 11.8. The number of carbonyl (C=O) groups is 4. The summed E-state index contributed by atoms with van der Waals surface area (Å²) in [7, 11) is 0. The first-order valence-corrected chi connectivity index (χ1v) is 6.04. The van der Waals surface area contributed by atoms with Gasteiger partial charge in [-0.1, -0.05) is 0 Å². The minimum absolute atomic E-state index is 0.293. The second-order valence-corrected chi connectivity index (χ2v) is 4.68. The number of nitrogens with zero attached hydrogens (tertiary/aromatic N) is 1. The van der Waals surface area contributed by atoms with E-state index in [0.717, 1.165) is 3.11 Å². The van der Waals surface area contributed by atoms with E-state index in [1.54, 1.807) is 0 Å². The molecule has 0 fully saturated rings. The number of carbonyl (C=O) groups excluding carboxylic acids is 1. The molecule has 0 heterocycles. The van der Waals surface area contributed by atoms with Crippen molar-refractivity contribution >= 4 is 46.7 Å². The maximum Gasteiger partial charge on any atom is 0.327 e. The smallest absolute Gasteiger partial charge is 0.327 e. The minimum Gasteiger partial charge on any atom is -0.481 e. The molecule has 0 aromatic rings. The van der Waals surface area contributed by atoms with Crippen molar-refractivity contribution in [3.63, 3.8) is 0 Å². The quantitative estimate of drug-likeness (QED) is 0.313. The number of halogens is 1. The van der Waals surface area contributed by atoms with E-state index < -0.39 is 48.7 Å². The lowest BCUT2D eigenvalue weighted by atomic mass is 10.1. The van der Waals surface area contributed by atoms with Crippen LogP contribution >= 0.6 is 22.9 Å². The number of carboxylic acid groups (broad SMARTS) is 3. The largest absolute Gasteiger partial charge is 0.481 e. The van der Waals surface area contributed by atoms with E-state index in [4.69, 9.17) is 21.1 Å². The Balaban J connectivity index is 4.74. The van der Waals surface area contributed by atoms with Crippen LogP contribution in [0.1, 0.15) is 19.3 Å². The van der Waals surface area contributed by atoms with Gasteiger partial charge in [-0.15, -0.1) is 0 Å². The Morgan fingerprint density at radius 3 is 2.00 bits per heavy atom. The summed E-state index contributed by atoms with van der Waals surface area (Å²) in [6.07, 6.45) is -1.36. The molecular formula is C9H13IN2O7. The SMILES string of the molecule is N[C@@H](CC(=O)O)C(=O)N(I)[C@@H](CCC(=O)O)C(=O)O. The highest BCUT2D eigenvalue weighted by Gasteiger charge is 2.32. The van der Waals surface area contributed by atoms with Crippen LogP contribution in [-0.4, -0.2) is 54.3 Å². The van der Waals surface area contributed by atoms with E-state index in [1.807, 2.05) is 0 Å². The molecule has 0 radical (unpaired) electrons. The fourth-order valence-corrected chi connectivity index (χ4v) is 2.06. The van der Waals surface area contributed by atoms with Crippen LogP contribution in [0, 0.1) is 0 Å². The summed E-state index contributed by atoms with van der Waals surface area (Å²) in [5.74, 6) is -4.74. The van der Waals surface area contributed by atoms with E-state index >= 15 is 0 Å². The molecule has 0 unspecified atom stereocenters. The third kappa shape index (κ3) is 6.33. The Morgan fingerprint density at radius 2 is 1.63 bits per heavy atom. The number of hydrogen-bond donors (Lipinski definition) is 4. The van der Waals surface area contributed by atoms with Crippen molar-refractivity contribution < 1.29 is 34.5 Å². The molecule has 1 amide bonds. The molecule has 10 heteroatoms. The summed E-state index contributed by atoms with van der Waals surface area (Å²) in [5, 5.41) is 25.9. The lowest BCUT2D eigenvalue weighted by Gasteiger charge is -2.24. The van der Waals surface area contributed by atoms with Gasteiger partial charge >= 0.3 is 17.9 Å². The highest BCUT2D eigenvalue weighted by molar-refractivity contribution is 14.1. The van der Waals surface area contributed by atoms with Gasteiger partial charge in [-0.2, -0.15) is 0 Å². The number of carboxylic acids is 3. The van der Waals surface area contributed by atoms with Gasteiger partial charge in [-0.3, -0.25) is 17.5 Å². The third-order valence-electron chi connectivity index (χ3n) is 2.11. The van der Waals surface area contributed by atoms with Gasteiger partial charge in [0.1, 0.15) is 6.04 Å². The first-order valence-electron chi connectivity index (χ1n) is 5.07. The lowest BCUT2D eigenvalue weighted by Crippen LogP contribution is -2.47. The van der Waals surface area contributed by atoms with Crippen molar-refractivity contribution in [3.8, 4) is 0 Å². The van der Waals surface area contributed by atoms with Gasteiger partial charge in [-0.25, -0.2) is 4.79 Å². The summed E-state index contributed by atoms with van der Waals surface area (Å²) in [5.41, 5.74) is 5.33. The topological polar surface area (TPSA) is 158 Å². The molecule has 2 atom stereocenters. The first kappa shape index (κ1) is 17.6. The number of rotatable bonds is 8. The molecule has 0 rings (SSSR count). The lowest BCUT2D eigenvalue weighted by molar-refractivity contribution is -0.147. The Morgan fingerprint density at radius 1 is 1.11 bits per heavy atom. The van der Waals surface area contributed by atoms with E-state index in [-0.39, 0.29) is 6.42 Å². The molecule has 5 N–H and O–H groups in total. The third-order valence-corrected chi connectivity index (χ3v) is 3.26. The molecule has 0 aliphatic carbocycles. The summed E-state index contributed by atoms with van der Waals surface area (Å²) >= 11 is 1.39. The van der Waals surface area contributed by atoms with Crippen LogP contribution in [-0.2, 0) is 19.2 Å². The van der Waals surface area contributed by atoms with E-state index in [9.17, 15) is 19.2 Å². The van der Waals surface area contributed by atoms with Crippen LogP contribution in [0.15, 0.2) is 0 Å². The second kappa shape index (κ2) is 7.89. The standard InChI is InChI=1S/C9H13IN2O7/c10-12(8(17)4(11)3-7(15)16)5(9(18)19)1-2-6(13)14/h4-5H,1-3,11H2,(H,13,14)(H,15,16)(H,18,19)/t4-,5-/m0/s1. The Labute approximate surface area is 121 Å². The maximum absolute atomic E-state index is 11.7. The molecular weight excluding hydrogens is 375 g/mol. The highest BCUT2D eigenvalue weighted by Crippen LogP contribution is 2.15. The molecule has 108 valence electrons. The van der Waals surface area contributed by atoms with Crippen LogP contribution in [0.2, 0.25) is 0 Å². The minimum atomic E-state index is -1.38. The molecule has 0 saturated carbocycles. The zero-order chi connectivity index (χ0) is 15.2. The highest BCUT2D eigenvalue weighted by atomic mass is 127. The fourth-order valence-electron chi connectivity index (χ4n) is 1.18. The Hall–Kier alpha value is -1.43. The molecule has 0 aliphatic heterocycles. The average molecular weight is 388 g/mol. The molecule has 0 aromatic heterocycles. The Bertz CT molecular complexity index is 387. The fraction of sp³-hybridized carbons (Fsp3) is 0.556. The van der Waals surface area contributed by atoms with Gasteiger partial charge in [0.15, 0.2) is 0 Å². The summed E-state index contributed by atoms with van der Waals surface area (Å²) in [6.45, 7) is 0. The van der Waals surface area contributed by atoms with Crippen LogP contribution in [0.25, 0.3) is 0 Å². The van der Waals surface area contributed by atoms with E-state index in [2.05, 4.69) is 0 Å². The average Bonchev–Trinajstić information content (AvgIpc) is 2.25. The number of amides is 1. The van der Waals surface area contributed by atoms with Crippen LogP contribution in [0.4, 0.5) is 0 Å². The molecule has 0 spiro atoms.